The Bertz CT molecular complexity index is 966. The molecule has 0 saturated carbocycles. The number of ether oxygens (including phenoxy) is 1. The van der Waals surface area contributed by atoms with E-state index in [0.29, 0.717) is 16.7 Å². The second-order valence-corrected chi connectivity index (χ2v) is 5.80. The van der Waals surface area contributed by atoms with E-state index in [1.165, 1.54) is 16.8 Å². The van der Waals surface area contributed by atoms with E-state index in [1.54, 1.807) is 12.1 Å². The summed E-state index contributed by atoms with van der Waals surface area (Å²) in [5.41, 5.74) is 7.57. The van der Waals surface area contributed by atoms with Gasteiger partial charge in [0.2, 0.25) is 0 Å². The van der Waals surface area contributed by atoms with Gasteiger partial charge < -0.3 is 10.5 Å². The van der Waals surface area contributed by atoms with Gasteiger partial charge in [-0.2, -0.15) is 13.2 Å². The topological polar surface area (TPSA) is 83.0 Å². The maximum absolute atomic E-state index is 12.7. The Labute approximate surface area is 146 Å². The van der Waals surface area contributed by atoms with E-state index in [4.69, 9.17) is 10.5 Å². The molecule has 0 bridgehead atoms. The van der Waals surface area contributed by atoms with E-state index in [2.05, 4.69) is 10.3 Å². The maximum Gasteiger partial charge on any atom is 0.416 e. The third kappa shape index (κ3) is 3.76. The molecule has 2 N–H and O–H groups in total. The van der Waals surface area contributed by atoms with Crippen molar-refractivity contribution in [1.82, 2.24) is 15.0 Å². The summed E-state index contributed by atoms with van der Waals surface area (Å²) in [6, 6.07) is 7.80. The summed E-state index contributed by atoms with van der Waals surface area (Å²) in [6.45, 7) is 1.33. The lowest BCUT2D eigenvalue weighted by atomic mass is 10.2. The van der Waals surface area contributed by atoms with Gasteiger partial charge in [0.1, 0.15) is 24.4 Å². The number of benzene rings is 2. The number of aryl methyl sites for hydroxylation is 1. The van der Waals surface area contributed by atoms with E-state index in [9.17, 15) is 18.0 Å². The predicted octanol–water partition coefficient (Wildman–Crippen LogP) is 2.99. The maximum atomic E-state index is 12.7. The third-order valence-corrected chi connectivity index (χ3v) is 3.79. The van der Waals surface area contributed by atoms with Gasteiger partial charge in [0.05, 0.1) is 11.1 Å². The van der Waals surface area contributed by atoms with Gasteiger partial charge in [-0.05, 0) is 42.8 Å². The molecule has 0 aliphatic heterocycles. The Morgan fingerprint density at radius 3 is 2.77 bits per heavy atom. The van der Waals surface area contributed by atoms with Gasteiger partial charge in [0.25, 0.3) is 0 Å². The van der Waals surface area contributed by atoms with Gasteiger partial charge in [-0.25, -0.2) is 4.68 Å². The van der Waals surface area contributed by atoms with Crippen molar-refractivity contribution in [2.75, 3.05) is 12.3 Å². The Balaban J connectivity index is 1.68. The number of halogens is 3. The second-order valence-electron chi connectivity index (χ2n) is 5.80. The lowest BCUT2D eigenvalue weighted by molar-refractivity contribution is -0.137. The number of rotatable bonds is 5. The molecule has 0 radical (unpaired) electrons. The molecule has 26 heavy (non-hydrogen) atoms. The van der Waals surface area contributed by atoms with Crippen molar-refractivity contribution >= 4 is 22.5 Å². The molecule has 0 amide bonds. The number of hydrogen-bond donors (Lipinski definition) is 1. The standard InChI is InChI=1S/C17H15F3N4O2/c1-10-5-16-15(7-14(10)21)22-23-24(16)8-12(25)9-26-13-4-2-3-11(6-13)17(18,19)20/h2-7H,8-9,21H2,1H3. The van der Waals surface area contributed by atoms with Crippen molar-refractivity contribution in [1.29, 1.82) is 0 Å². The fourth-order valence-corrected chi connectivity index (χ4v) is 2.39. The molecular weight excluding hydrogens is 349 g/mol. The number of Topliss-reactive ketones (excluding diaryl/α,β-unsaturated/α-hetero) is 1. The Morgan fingerprint density at radius 2 is 2.04 bits per heavy atom. The molecule has 1 heterocycles. The smallest absolute Gasteiger partial charge is 0.416 e. The lowest BCUT2D eigenvalue weighted by Crippen LogP contribution is -2.19. The number of nitrogen functional groups attached to an aromatic ring is 1. The van der Waals surface area contributed by atoms with Gasteiger partial charge in [-0.1, -0.05) is 11.3 Å². The van der Waals surface area contributed by atoms with Crippen molar-refractivity contribution in [3.63, 3.8) is 0 Å². The van der Waals surface area contributed by atoms with E-state index < -0.39 is 11.7 Å². The van der Waals surface area contributed by atoms with Crippen LogP contribution in [0.1, 0.15) is 11.1 Å². The van der Waals surface area contributed by atoms with Gasteiger partial charge in [0, 0.05) is 5.69 Å². The van der Waals surface area contributed by atoms with Crippen molar-refractivity contribution in [3.8, 4) is 5.75 Å². The van der Waals surface area contributed by atoms with Crippen molar-refractivity contribution in [2.45, 2.75) is 19.6 Å². The first kappa shape index (κ1) is 17.7. The van der Waals surface area contributed by atoms with E-state index >= 15 is 0 Å². The fraction of sp³-hybridized carbons (Fsp3) is 0.235. The number of anilines is 1. The van der Waals surface area contributed by atoms with Crippen molar-refractivity contribution < 1.29 is 22.7 Å². The van der Waals surface area contributed by atoms with Gasteiger partial charge >= 0.3 is 6.18 Å². The Kier molecular flexibility index (Phi) is 4.54. The number of carbonyl (C=O) groups is 1. The molecule has 136 valence electrons. The largest absolute Gasteiger partial charge is 0.486 e. The van der Waals surface area contributed by atoms with Crippen molar-refractivity contribution in [2.24, 2.45) is 0 Å². The first-order chi connectivity index (χ1) is 12.2. The molecule has 0 saturated heterocycles. The molecule has 0 aliphatic rings. The monoisotopic (exact) mass is 364 g/mol. The van der Waals surface area contributed by atoms with Crippen molar-refractivity contribution in [3.05, 3.63) is 47.5 Å². The van der Waals surface area contributed by atoms with Crippen LogP contribution < -0.4 is 10.5 Å². The van der Waals surface area contributed by atoms with E-state index in [-0.39, 0.29) is 24.7 Å². The van der Waals surface area contributed by atoms with Crippen LogP contribution in [0.2, 0.25) is 0 Å². The molecule has 0 atom stereocenters. The van der Waals surface area contributed by atoms with Crippen LogP contribution in [0, 0.1) is 6.92 Å². The molecule has 0 spiro atoms. The summed E-state index contributed by atoms with van der Waals surface area (Å²) in [4.78, 5) is 12.1. The highest BCUT2D eigenvalue weighted by atomic mass is 19.4. The van der Waals surface area contributed by atoms with Crippen LogP contribution in [0.5, 0.6) is 5.75 Å². The number of carbonyl (C=O) groups excluding carboxylic acids is 1. The molecule has 3 aromatic rings. The number of hydrogen-bond acceptors (Lipinski definition) is 5. The summed E-state index contributed by atoms with van der Waals surface area (Å²) in [5, 5.41) is 7.85. The van der Waals surface area contributed by atoms with Crippen LogP contribution >= 0.6 is 0 Å². The summed E-state index contributed by atoms with van der Waals surface area (Å²) in [7, 11) is 0. The number of aromatic nitrogens is 3. The molecule has 0 aliphatic carbocycles. The van der Waals surface area contributed by atoms with Crippen LogP contribution in [-0.2, 0) is 17.5 Å². The minimum atomic E-state index is -4.47. The Morgan fingerprint density at radius 1 is 1.27 bits per heavy atom. The first-order valence-electron chi connectivity index (χ1n) is 7.65. The molecule has 3 rings (SSSR count). The summed E-state index contributed by atoms with van der Waals surface area (Å²) in [6.07, 6.45) is -4.47. The molecule has 0 unspecified atom stereocenters. The minimum Gasteiger partial charge on any atom is -0.486 e. The highest BCUT2D eigenvalue weighted by Crippen LogP contribution is 2.31. The number of nitrogens with two attached hydrogens (primary N) is 1. The van der Waals surface area contributed by atoms with Gasteiger partial charge in [0.15, 0.2) is 5.78 Å². The average Bonchev–Trinajstić information content (AvgIpc) is 2.95. The van der Waals surface area contributed by atoms with Crippen LogP contribution in [0.3, 0.4) is 0 Å². The minimum absolute atomic E-state index is 0.0276. The predicted molar refractivity (Wildman–Crippen MR) is 88.6 cm³/mol. The number of nitrogens with zero attached hydrogens (tertiary/aromatic N) is 3. The van der Waals surface area contributed by atoms with Gasteiger partial charge in [-0.3, -0.25) is 4.79 Å². The molecular formula is C17H15F3N4O2. The molecule has 0 fully saturated rings. The fourth-order valence-electron chi connectivity index (χ4n) is 2.39. The lowest BCUT2D eigenvalue weighted by Gasteiger charge is -2.10. The summed E-state index contributed by atoms with van der Waals surface area (Å²) >= 11 is 0. The Hall–Kier alpha value is -3.10. The second kappa shape index (κ2) is 6.66. The zero-order chi connectivity index (χ0) is 18.9. The first-order valence-corrected chi connectivity index (χ1v) is 7.65. The van der Waals surface area contributed by atoms with Crippen LogP contribution in [0.25, 0.3) is 11.0 Å². The van der Waals surface area contributed by atoms with Crippen LogP contribution in [0.4, 0.5) is 18.9 Å². The quantitative estimate of drug-likeness (QED) is 0.704. The van der Waals surface area contributed by atoms with Crippen LogP contribution in [0.15, 0.2) is 36.4 Å². The zero-order valence-corrected chi connectivity index (χ0v) is 13.7. The van der Waals surface area contributed by atoms with E-state index in [0.717, 1.165) is 17.7 Å². The van der Waals surface area contributed by atoms with Crippen LogP contribution in [-0.4, -0.2) is 27.4 Å². The SMILES string of the molecule is Cc1cc2c(cc1N)nnn2CC(=O)COc1cccc(C(F)(F)F)c1. The zero-order valence-electron chi connectivity index (χ0n) is 13.7. The summed E-state index contributed by atoms with van der Waals surface area (Å²) in [5.74, 6) is -0.385. The molecule has 6 nitrogen and oxygen atoms in total. The van der Waals surface area contributed by atoms with Gasteiger partial charge in [-0.15, -0.1) is 5.10 Å². The summed E-state index contributed by atoms with van der Waals surface area (Å²) < 4.78 is 44.6. The third-order valence-electron chi connectivity index (χ3n) is 3.79. The number of fused-ring (bicyclic) bond motifs is 1. The molecule has 2 aromatic carbocycles. The average molecular weight is 364 g/mol. The van der Waals surface area contributed by atoms with E-state index in [1.807, 2.05) is 6.92 Å². The highest BCUT2D eigenvalue weighted by molar-refractivity contribution is 5.84. The molecule has 1 aromatic heterocycles. The highest BCUT2D eigenvalue weighted by Gasteiger charge is 2.30. The number of ketones is 1. The molecule has 9 heteroatoms. The number of alkyl halides is 3. The normalized spacial score (nSPS) is 11.7.